The van der Waals surface area contributed by atoms with Gasteiger partial charge in [-0.25, -0.2) is 0 Å². The molecule has 0 aliphatic rings. The number of hydrogen-bond acceptors (Lipinski definition) is 3. The summed E-state index contributed by atoms with van der Waals surface area (Å²) < 4.78 is 7.22. The monoisotopic (exact) mass is 392 g/mol. The minimum atomic E-state index is -0.216. The molecule has 1 aromatic heterocycles. The zero-order valence-electron chi connectivity index (χ0n) is 17.4. The Balaban J connectivity index is 1.65. The minimum absolute atomic E-state index is 0.0167. The van der Waals surface area contributed by atoms with Crippen molar-refractivity contribution in [2.45, 2.75) is 45.8 Å². The van der Waals surface area contributed by atoms with Gasteiger partial charge in [0, 0.05) is 24.5 Å². The highest BCUT2D eigenvalue weighted by molar-refractivity contribution is 6.06. The van der Waals surface area contributed by atoms with Crippen molar-refractivity contribution >= 4 is 16.8 Å². The van der Waals surface area contributed by atoms with E-state index in [4.69, 9.17) is 4.74 Å². The van der Waals surface area contributed by atoms with Gasteiger partial charge in [0.25, 0.3) is 11.5 Å². The number of carbonyl (C=O) groups excluding carboxylic acids is 1. The van der Waals surface area contributed by atoms with Gasteiger partial charge in [0.1, 0.15) is 5.75 Å². The molecule has 1 heterocycles. The van der Waals surface area contributed by atoms with Crippen LogP contribution in [0.2, 0.25) is 0 Å². The molecule has 1 amide bonds. The lowest BCUT2D eigenvalue weighted by Crippen LogP contribution is -2.34. The van der Waals surface area contributed by atoms with Crippen molar-refractivity contribution in [3.8, 4) is 5.75 Å². The van der Waals surface area contributed by atoms with Crippen LogP contribution in [0.3, 0.4) is 0 Å². The van der Waals surface area contributed by atoms with Crippen molar-refractivity contribution in [3.63, 3.8) is 0 Å². The highest BCUT2D eigenvalue weighted by Crippen LogP contribution is 2.17. The number of aryl methyl sites for hydroxylation is 2. The Labute approximate surface area is 171 Å². The number of benzene rings is 2. The van der Waals surface area contributed by atoms with Crippen LogP contribution in [0.1, 0.15) is 43.1 Å². The van der Waals surface area contributed by atoms with Crippen LogP contribution in [0, 0.1) is 0 Å². The summed E-state index contributed by atoms with van der Waals surface area (Å²) in [6, 6.07) is 16.9. The first-order valence-electron chi connectivity index (χ1n) is 10.0. The Morgan fingerprint density at radius 1 is 1.07 bits per heavy atom. The number of carbonyl (C=O) groups is 1. The van der Waals surface area contributed by atoms with E-state index in [1.807, 2.05) is 57.2 Å². The van der Waals surface area contributed by atoms with E-state index < -0.39 is 0 Å². The largest absolute Gasteiger partial charge is 0.491 e. The zero-order chi connectivity index (χ0) is 21.0. The van der Waals surface area contributed by atoms with Crippen molar-refractivity contribution in [2.75, 3.05) is 0 Å². The lowest BCUT2D eigenvalue weighted by molar-refractivity contribution is 0.0940. The number of amides is 1. The fourth-order valence-corrected chi connectivity index (χ4v) is 3.36. The lowest BCUT2D eigenvalue weighted by Gasteiger charge is -2.16. The number of nitrogens with one attached hydrogen (secondary N) is 1. The zero-order valence-corrected chi connectivity index (χ0v) is 17.4. The first-order valence-corrected chi connectivity index (χ1v) is 10.0. The van der Waals surface area contributed by atoms with Gasteiger partial charge in [-0.05, 0) is 57.4 Å². The average molecular weight is 392 g/mol. The van der Waals surface area contributed by atoms with Gasteiger partial charge in [0.15, 0.2) is 0 Å². The van der Waals surface area contributed by atoms with Gasteiger partial charge < -0.3 is 14.6 Å². The molecular weight excluding hydrogens is 364 g/mol. The highest BCUT2D eigenvalue weighted by Gasteiger charge is 2.15. The summed E-state index contributed by atoms with van der Waals surface area (Å²) >= 11 is 0. The van der Waals surface area contributed by atoms with Crippen molar-refractivity contribution in [3.05, 3.63) is 76.1 Å². The molecule has 0 saturated carbocycles. The van der Waals surface area contributed by atoms with Crippen molar-refractivity contribution in [2.24, 2.45) is 7.05 Å². The van der Waals surface area contributed by atoms with E-state index in [0.29, 0.717) is 5.56 Å². The third-order valence-corrected chi connectivity index (χ3v) is 4.94. The number of hydrogen-bond donors (Lipinski definition) is 1. The Hall–Kier alpha value is -3.08. The Morgan fingerprint density at radius 3 is 2.45 bits per heavy atom. The second-order valence-electron chi connectivity index (χ2n) is 7.70. The average Bonchev–Trinajstić information content (AvgIpc) is 2.69. The topological polar surface area (TPSA) is 60.3 Å². The molecule has 0 spiro atoms. The number of nitrogens with zero attached hydrogens (tertiary/aromatic N) is 1. The van der Waals surface area contributed by atoms with Crippen molar-refractivity contribution in [1.82, 2.24) is 9.88 Å². The smallest absolute Gasteiger partial charge is 0.252 e. The molecule has 0 aliphatic heterocycles. The predicted octanol–water partition coefficient (Wildman–Crippen LogP) is 4.08. The Morgan fingerprint density at radius 2 is 1.76 bits per heavy atom. The molecule has 5 nitrogen and oxygen atoms in total. The molecule has 2 aromatic carbocycles. The lowest BCUT2D eigenvalue weighted by atomic mass is 10.0. The molecule has 1 N–H and O–H groups in total. The van der Waals surface area contributed by atoms with Crippen LogP contribution in [0.25, 0.3) is 10.9 Å². The third-order valence-electron chi connectivity index (χ3n) is 4.94. The Kier molecular flexibility index (Phi) is 6.37. The van der Waals surface area contributed by atoms with Gasteiger partial charge in [-0.15, -0.1) is 0 Å². The third kappa shape index (κ3) is 5.05. The standard InChI is InChI=1S/C24H28N2O3/c1-16(2)29-19-13-11-18(12-14-19)10-9-17(3)25-24(28)21-15-23(27)26(4)22-8-6-5-7-20(21)22/h5-8,11-17H,9-10H2,1-4H3,(H,25,28). The molecule has 152 valence electrons. The van der Waals surface area contributed by atoms with Crippen LogP contribution in [0.15, 0.2) is 59.4 Å². The maximum Gasteiger partial charge on any atom is 0.252 e. The molecule has 3 aromatic rings. The number of pyridine rings is 1. The van der Waals surface area contributed by atoms with Gasteiger partial charge in [-0.1, -0.05) is 30.3 Å². The quantitative estimate of drug-likeness (QED) is 0.659. The molecule has 0 radical (unpaired) electrons. The van der Waals surface area contributed by atoms with Gasteiger partial charge in [-0.2, -0.15) is 0 Å². The fourth-order valence-electron chi connectivity index (χ4n) is 3.36. The molecule has 3 rings (SSSR count). The molecule has 0 fully saturated rings. The maximum atomic E-state index is 12.8. The summed E-state index contributed by atoms with van der Waals surface area (Å²) in [4.78, 5) is 25.0. The number of fused-ring (bicyclic) bond motifs is 1. The van der Waals surface area contributed by atoms with E-state index >= 15 is 0 Å². The first kappa shape index (κ1) is 20.6. The number of rotatable bonds is 7. The van der Waals surface area contributed by atoms with Crippen LogP contribution < -0.4 is 15.6 Å². The van der Waals surface area contributed by atoms with E-state index in [2.05, 4.69) is 17.4 Å². The SMILES string of the molecule is CC(CCc1ccc(OC(C)C)cc1)NC(=O)c1cc(=O)n(C)c2ccccc12. The second-order valence-corrected chi connectivity index (χ2v) is 7.70. The molecule has 29 heavy (non-hydrogen) atoms. The molecule has 1 unspecified atom stereocenters. The van der Waals surface area contributed by atoms with Crippen LogP contribution >= 0.6 is 0 Å². The van der Waals surface area contributed by atoms with Gasteiger partial charge in [-0.3, -0.25) is 9.59 Å². The highest BCUT2D eigenvalue weighted by atomic mass is 16.5. The second kappa shape index (κ2) is 8.95. The summed E-state index contributed by atoms with van der Waals surface area (Å²) in [7, 11) is 1.71. The van der Waals surface area contributed by atoms with Crippen LogP contribution in [0.4, 0.5) is 0 Å². The van der Waals surface area contributed by atoms with E-state index in [0.717, 1.165) is 29.5 Å². The van der Waals surface area contributed by atoms with E-state index in [1.54, 1.807) is 11.6 Å². The molecular formula is C24H28N2O3. The van der Waals surface area contributed by atoms with Crippen molar-refractivity contribution < 1.29 is 9.53 Å². The van der Waals surface area contributed by atoms with Crippen LogP contribution in [-0.4, -0.2) is 22.6 Å². The number of para-hydroxylation sites is 1. The summed E-state index contributed by atoms with van der Waals surface area (Å²) in [6.07, 6.45) is 1.81. The van der Waals surface area contributed by atoms with Crippen LogP contribution in [0.5, 0.6) is 5.75 Å². The Bertz CT molecular complexity index is 1050. The van der Waals surface area contributed by atoms with Crippen molar-refractivity contribution in [1.29, 1.82) is 0 Å². The minimum Gasteiger partial charge on any atom is -0.491 e. The van der Waals surface area contributed by atoms with Crippen LogP contribution in [-0.2, 0) is 13.5 Å². The normalized spacial score (nSPS) is 12.2. The molecule has 1 atom stereocenters. The first-order chi connectivity index (χ1) is 13.8. The van der Waals surface area contributed by atoms with E-state index in [9.17, 15) is 9.59 Å². The fraction of sp³-hybridized carbons (Fsp3) is 0.333. The molecule has 0 aliphatic carbocycles. The molecule has 0 bridgehead atoms. The van der Waals surface area contributed by atoms with Gasteiger partial charge >= 0.3 is 0 Å². The number of aromatic nitrogens is 1. The van der Waals surface area contributed by atoms with Gasteiger partial charge in [0.05, 0.1) is 17.2 Å². The number of ether oxygens (including phenoxy) is 1. The molecule has 0 saturated heterocycles. The summed E-state index contributed by atoms with van der Waals surface area (Å²) in [6.45, 7) is 5.99. The summed E-state index contributed by atoms with van der Waals surface area (Å²) in [5, 5.41) is 3.81. The molecule has 5 heteroatoms. The van der Waals surface area contributed by atoms with E-state index in [1.165, 1.54) is 11.6 Å². The summed E-state index contributed by atoms with van der Waals surface area (Å²) in [5.41, 5.74) is 2.18. The maximum absolute atomic E-state index is 12.8. The summed E-state index contributed by atoms with van der Waals surface area (Å²) in [5.74, 6) is 0.648. The van der Waals surface area contributed by atoms with E-state index in [-0.39, 0.29) is 23.6 Å². The van der Waals surface area contributed by atoms with Gasteiger partial charge in [0.2, 0.25) is 0 Å². The predicted molar refractivity (Wildman–Crippen MR) is 117 cm³/mol.